The van der Waals surface area contributed by atoms with Crippen LogP contribution >= 0.6 is 0 Å². The van der Waals surface area contributed by atoms with E-state index in [1.54, 1.807) is 74.4 Å². The molecule has 11 nitrogen and oxygen atoms in total. The number of amides is 1. The summed E-state index contributed by atoms with van der Waals surface area (Å²) in [5.41, 5.74) is 1.25. The first kappa shape index (κ1) is 23.6. The van der Waals surface area contributed by atoms with E-state index in [1.807, 2.05) is 6.07 Å². The largest absolute Gasteiger partial charge is 0.497 e. The van der Waals surface area contributed by atoms with Gasteiger partial charge in [-0.25, -0.2) is 0 Å². The highest BCUT2D eigenvalue weighted by Gasteiger charge is 2.16. The fraction of sp³-hybridized carbons (Fsp3) is 0.250. The van der Waals surface area contributed by atoms with Gasteiger partial charge in [-0.3, -0.25) is 4.79 Å². The van der Waals surface area contributed by atoms with Crippen LogP contribution in [0, 0.1) is 0 Å². The van der Waals surface area contributed by atoms with Crippen molar-refractivity contribution >= 4 is 11.6 Å². The Morgan fingerprint density at radius 1 is 0.857 bits per heavy atom. The topological polar surface area (TPSA) is 118 Å². The standard InChI is InChI=1S/C24H25N5O6/c1-31-16-4-6-17(7-5-16)35-15-22(30)25-12-13-34-23-11-10-21-26-27-24(29(21)28-23)19-9-8-18(32-2)14-20(19)33-3/h4-11,14H,12-13,15H2,1-3H3,(H,25,30). The molecular formula is C24H25N5O6. The molecule has 11 heteroatoms. The Hall–Kier alpha value is -4.54. The molecule has 0 aliphatic heterocycles. The molecule has 2 aromatic carbocycles. The number of rotatable bonds is 11. The monoisotopic (exact) mass is 479 g/mol. The normalized spacial score (nSPS) is 10.6. The van der Waals surface area contributed by atoms with Crippen molar-refractivity contribution in [1.82, 2.24) is 25.1 Å². The summed E-state index contributed by atoms with van der Waals surface area (Å²) in [6.45, 7) is 0.395. The van der Waals surface area contributed by atoms with Crippen molar-refractivity contribution in [2.75, 3.05) is 41.1 Å². The molecule has 0 bridgehead atoms. The Kier molecular flexibility index (Phi) is 7.46. The third-order valence-corrected chi connectivity index (χ3v) is 4.99. The summed E-state index contributed by atoms with van der Waals surface area (Å²) in [4.78, 5) is 12.0. The summed E-state index contributed by atoms with van der Waals surface area (Å²) in [6, 6.07) is 15.8. The third-order valence-electron chi connectivity index (χ3n) is 4.99. The van der Waals surface area contributed by atoms with Crippen LogP contribution in [0.25, 0.3) is 17.0 Å². The third kappa shape index (κ3) is 5.69. The molecule has 0 saturated carbocycles. The number of hydrogen-bond donors (Lipinski definition) is 1. The smallest absolute Gasteiger partial charge is 0.258 e. The van der Waals surface area contributed by atoms with Crippen LogP contribution in [0.5, 0.6) is 28.9 Å². The van der Waals surface area contributed by atoms with Gasteiger partial charge in [0.25, 0.3) is 5.91 Å². The highest BCUT2D eigenvalue weighted by molar-refractivity contribution is 5.77. The van der Waals surface area contributed by atoms with Crippen molar-refractivity contribution in [2.24, 2.45) is 0 Å². The SMILES string of the molecule is COc1ccc(OCC(=O)NCCOc2ccc3nnc(-c4ccc(OC)cc4OC)n3n2)cc1. The number of nitrogens with zero attached hydrogens (tertiary/aromatic N) is 4. The summed E-state index contributed by atoms with van der Waals surface area (Å²) in [7, 11) is 4.74. The zero-order valence-corrected chi connectivity index (χ0v) is 19.6. The molecule has 0 saturated heterocycles. The molecule has 0 aliphatic rings. The van der Waals surface area contributed by atoms with E-state index in [0.29, 0.717) is 45.9 Å². The van der Waals surface area contributed by atoms with Gasteiger partial charge in [-0.2, -0.15) is 4.52 Å². The van der Waals surface area contributed by atoms with Gasteiger partial charge in [-0.1, -0.05) is 0 Å². The van der Waals surface area contributed by atoms with Gasteiger partial charge < -0.3 is 29.0 Å². The second kappa shape index (κ2) is 11.1. The van der Waals surface area contributed by atoms with Gasteiger partial charge in [0.1, 0.15) is 29.6 Å². The molecule has 0 radical (unpaired) electrons. The zero-order chi connectivity index (χ0) is 24.6. The van der Waals surface area contributed by atoms with Gasteiger partial charge in [0.2, 0.25) is 5.88 Å². The van der Waals surface area contributed by atoms with Crippen molar-refractivity contribution < 1.29 is 28.5 Å². The molecule has 0 fully saturated rings. The van der Waals surface area contributed by atoms with Crippen molar-refractivity contribution in [3.05, 3.63) is 54.6 Å². The average Bonchev–Trinajstić information content (AvgIpc) is 3.32. The quantitative estimate of drug-likeness (QED) is 0.324. The molecule has 2 aromatic heterocycles. The Morgan fingerprint density at radius 2 is 1.60 bits per heavy atom. The molecule has 182 valence electrons. The molecule has 0 unspecified atom stereocenters. The second-order valence-corrected chi connectivity index (χ2v) is 7.19. The van der Waals surface area contributed by atoms with E-state index in [9.17, 15) is 4.79 Å². The molecule has 0 spiro atoms. The highest BCUT2D eigenvalue weighted by atomic mass is 16.5. The van der Waals surface area contributed by atoms with E-state index >= 15 is 0 Å². The Morgan fingerprint density at radius 3 is 2.34 bits per heavy atom. The minimum atomic E-state index is -0.263. The molecule has 1 amide bonds. The van der Waals surface area contributed by atoms with E-state index in [0.717, 1.165) is 0 Å². The van der Waals surface area contributed by atoms with E-state index in [1.165, 1.54) is 0 Å². The van der Waals surface area contributed by atoms with Crippen LogP contribution in [0.4, 0.5) is 0 Å². The van der Waals surface area contributed by atoms with Gasteiger partial charge in [0.15, 0.2) is 18.1 Å². The first-order valence-corrected chi connectivity index (χ1v) is 10.7. The molecule has 2 heterocycles. The van der Waals surface area contributed by atoms with E-state index in [2.05, 4.69) is 20.6 Å². The lowest BCUT2D eigenvalue weighted by Gasteiger charge is -2.10. The van der Waals surface area contributed by atoms with E-state index in [4.69, 9.17) is 23.7 Å². The minimum Gasteiger partial charge on any atom is -0.497 e. The van der Waals surface area contributed by atoms with Crippen molar-refractivity contribution in [3.8, 4) is 40.3 Å². The number of methoxy groups -OCH3 is 3. The fourth-order valence-corrected chi connectivity index (χ4v) is 3.22. The first-order valence-electron chi connectivity index (χ1n) is 10.7. The number of ether oxygens (including phenoxy) is 5. The van der Waals surface area contributed by atoms with Crippen molar-refractivity contribution in [1.29, 1.82) is 0 Å². The minimum absolute atomic E-state index is 0.107. The van der Waals surface area contributed by atoms with Crippen LogP contribution in [0.1, 0.15) is 0 Å². The number of carbonyl (C=O) groups is 1. The summed E-state index contributed by atoms with van der Waals surface area (Å²) >= 11 is 0. The highest BCUT2D eigenvalue weighted by Crippen LogP contribution is 2.32. The lowest BCUT2D eigenvalue weighted by Crippen LogP contribution is -2.32. The number of nitrogens with one attached hydrogen (secondary N) is 1. The number of hydrogen-bond acceptors (Lipinski definition) is 9. The fourth-order valence-electron chi connectivity index (χ4n) is 3.22. The predicted molar refractivity (Wildman–Crippen MR) is 126 cm³/mol. The Bertz CT molecular complexity index is 1290. The second-order valence-electron chi connectivity index (χ2n) is 7.19. The maximum atomic E-state index is 12.0. The Balaban J connectivity index is 1.32. The lowest BCUT2D eigenvalue weighted by atomic mass is 10.2. The summed E-state index contributed by atoms with van der Waals surface area (Å²) in [5, 5.41) is 15.6. The summed E-state index contributed by atoms with van der Waals surface area (Å²) in [6.07, 6.45) is 0. The Labute approximate surface area is 201 Å². The molecule has 0 atom stereocenters. The van der Waals surface area contributed by atoms with Gasteiger partial charge in [0, 0.05) is 12.1 Å². The van der Waals surface area contributed by atoms with Crippen LogP contribution in [-0.2, 0) is 4.79 Å². The first-order chi connectivity index (χ1) is 17.1. The molecule has 4 rings (SSSR count). The molecule has 35 heavy (non-hydrogen) atoms. The number of fused-ring (bicyclic) bond motifs is 1. The van der Waals surface area contributed by atoms with Gasteiger partial charge in [0.05, 0.1) is 33.4 Å². The van der Waals surface area contributed by atoms with Gasteiger partial charge >= 0.3 is 0 Å². The maximum absolute atomic E-state index is 12.0. The van der Waals surface area contributed by atoms with Crippen LogP contribution in [0.2, 0.25) is 0 Å². The summed E-state index contributed by atoms with van der Waals surface area (Å²) in [5.74, 6) is 3.11. The van der Waals surface area contributed by atoms with Crippen LogP contribution < -0.4 is 29.0 Å². The molecule has 4 aromatic rings. The molecule has 0 aliphatic carbocycles. The van der Waals surface area contributed by atoms with Crippen molar-refractivity contribution in [3.63, 3.8) is 0 Å². The number of aromatic nitrogens is 4. The van der Waals surface area contributed by atoms with Crippen molar-refractivity contribution in [2.45, 2.75) is 0 Å². The molecular weight excluding hydrogens is 454 g/mol. The average molecular weight is 479 g/mol. The molecule has 1 N–H and O–H groups in total. The van der Waals surface area contributed by atoms with E-state index < -0.39 is 0 Å². The van der Waals surface area contributed by atoms with Gasteiger partial charge in [-0.15, -0.1) is 15.3 Å². The van der Waals surface area contributed by atoms with Gasteiger partial charge in [-0.05, 0) is 42.5 Å². The van der Waals surface area contributed by atoms with Crippen LogP contribution in [-0.4, -0.2) is 66.8 Å². The number of benzene rings is 2. The lowest BCUT2D eigenvalue weighted by molar-refractivity contribution is -0.123. The maximum Gasteiger partial charge on any atom is 0.258 e. The zero-order valence-electron chi connectivity index (χ0n) is 19.6. The van der Waals surface area contributed by atoms with Crippen LogP contribution in [0.3, 0.4) is 0 Å². The van der Waals surface area contributed by atoms with Crippen LogP contribution in [0.15, 0.2) is 54.6 Å². The van der Waals surface area contributed by atoms with E-state index in [-0.39, 0.29) is 25.7 Å². The number of carbonyl (C=O) groups excluding carboxylic acids is 1. The summed E-state index contributed by atoms with van der Waals surface area (Å²) < 4.78 is 28.5. The predicted octanol–water partition coefficient (Wildman–Crippen LogP) is 2.39.